The lowest BCUT2D eigenvalue weighted by molar-refractivity contribution is 0.0706. The lowest BCUT2D eigenvalue weighted by atomic mass is 10.1. The Morgan fingerprint density at radius 1 is 1.31 bits per heavy atom. The van der Waals surface area contributed by atoms with Crippen molar-refractivity contribution in [2.24, 2.45) is 0 Å². The highest BCUT2D eigenvalue weighted by Crippen LogP contribution is 2.34. The van der Waals surface area contributed by atoms with Crippen LogP contribution in [0.5, 0.6) is 0 Å². The average molecular weight is 402 g/mol. The van der Waals surface area contributed by atoms with Gasteiger partial charge in [0.15, 0.2) is 5.82 Å². The van der Waals surface area contributed by atoms with E-state index in [0.29, 0.717) is 31.7 Å². The maximum absolute atomic E-state index is 13.5. The molecule has 4 heterocycles. The van der Waals surface area contributed by atoms with Crippen LogP contribution in [0.15, 0.2) is 6.07 Å². The number of ether oxygens (including phenoxy) is 1. The Hall–Kier alpha value is -2.23. The second kappa shape index (κ2) is 7.89. The number of amides is 1. The zero-order chi connectivity index (χ0) is 20.7. The van der Waals surface area contributed by atoms with Gasteiger partial charge in [-0.05, 0) is 27.0 Å². The molecule has 0 radical (unpaired) electrons. The summed E-state index contributed by atoms with van der Waals surface area (Å²) in [5, 5.41) is 19.1. The highest BCUT2D eigenvalue weighted by Gasteiger charge is 2.40. The number of aryl methyl sites for hydroxylation is 1. The zero-order valence-corrected chi connectivity index (χ0v) is 17.6. The van der Waals surface area contributed by atoms with Crippen molar-refractivity contribution >= 4 is 5.91 Å². The zero-order valence-electron chi connectivity index (χ0n) is 17.6. The number of β-amino-alcohol motifs (C(OH)–C–C–N with tert-alkyl or cyclic N) is 1. The number of aliphatic hydroxyl groups excluding tert-OH is 1. The van der Waals surface area contributed by atoms with Gasteiger partial charge in [-0.15, -0.1) is 10.2 Å². The third-order valence-corrected chi connectivity index (χ3v) is 6.13. The number of carbonyl (C=O) groups is 1. The molecule has 0 saturated carbocycles. The van der Waals surface area contributed by atoms with E-state index < -0.39 is 6.10 Å². The molecule has 2 aromatic heterocycles. The molecule has 1 fully saturated rings. The third kappa shape index (κ3) is 3.58. The smallest absolute Gasteiger partial charge is 0.256 e. The van der Waals surface area contributed by atoms with Crippen LogP contribution in [0.4, 0.5) is 0 Å². The van der Waals surface area contributed by atoms with Crippen molar-refractivity contribution in [2.75, 3.05) is 33.9 Å². The lowest BCUT2D eigenvalue weighted by Crippen LogP contribution is -2.35. The predicted molar refractivity (Wildman–Crippen MR) is 107 cm³/mol. The minimum Gasteiger partial charge on any atom is -0.391 e. The SMILES string of the molecule is COCCn1c(C)cc(C(=O)N2C[C@@H](O)C[C@H]2c2nnc3n2CCN(C)C3)c1C. The van der Waals surface area contributed by atoms with Gasteiger partial charge >= 0.3 is 0 Å². The summed E-state index contributed by atoms with van der Waals surface area (Å²) in [6.07, 6.45) is -0.0672. The predicted octanol–water partition coefficient (Wildman–Crippen LogP) is 0.736. The first-order chi connectivity index (χ1) is 13.9. The van der Waals surface area contributed by atoms with Gasteiger partial charge in [0.05, 0.1) is 30.9 Å². The molecule has 29 heavy (non-hydrogen) atoms. The molecular formula is C20H30N6O3. The van der Waals surface area contributed by atoms with Crippen molar-refractivity contribution in [1.82, 2.24) is 29.1 Å². The molecule has 1 amide bonds. The Morgan fingerprint density at radius 2 is 2.10 bits per heavy atom. The topological polar surface area (TPSA) is 88.6 Å². The summed E-state index contributed by atoms with van der Waals surface area (Å²) in [5.74, 6) is 1.64. The van der Waals surface area contributed by atoms with Crippen LogP contribution in [0.3, 0.4) is 0 Å². The van der Waals surface area contributed by atoms with E-state index in [1.54, 1.807) is 12.0 Å². The molecule has 0 unspecified atom stereocenters. The normalized spacial score (nSPS) is 22.3. The number of hydrogen-bond acceptors (Lipinski definition) is 6. The number of aliphatic hydroxyl groups is 1. The van der Waals surface area contributed by atoms with Crippen LogP contribution in [-0.2, 0) is 24.4 Å². The molecule has 1 saturated heterocycles. The highest BCUT2D eigenvalue weighted by molar-refractivity contribution is 5.96. The van der Waals surface area contributed by atoms with Gasteiger partial charge in [-0.2, -0.15) is 0 Å². The monoisotopic (exact) mass is 402 g/mol. The fraction of sp³-hybridized carbons (Fsp3) is 0.650. The Bertz CT molecular complexity index is 904. The van der Waals surface area contributed by atoms with E-state index in [0.717, 1.165) is 42.7 Å². The molecule has 2 aromatic rings. The lowest BCUT2D eigenvalue weighted by Gasteiger charge is -2.28. The van der Waals surface area contributed by atoms with E-state index in [2.05, 4.69) is 31.3 Å². The van der Waals surface area contributed by atoms with Crippen LogP contribution < -0.4 is 0 Å². The van der Waals surface area contributed by atoms with Crippen LogP contribution in [0.1, 0.15) is 45.9 Å². The van der Waals surface area contributed by atoms with Gasteiger partial charge in [0.25, 0.3) is 5.91 Å². The summed E-state index contributed by atoms with van der Waals surface area (Å²) >= 11 is 0. The summed E-state index contributed by atoms with van der Waals surface area (Å²) in [6.45, 7) is 8.04. The van der Waals surface area contributed by atoms with Crippen molar-refractivity contribution in [1.29, 1.82) is 0 Å². The van der Waals surface area contributed by atoms with E-state index in [-0.39, 0.29) is 11.9 Å². The number of likely N-dealkylation sites (tertiary alicyclic amines) is 1. The molecule has 0 aromatic carbocycles. The van der Waals surface area contributed by atoms with E-state index >= 15 is 0 Å². The number of aromatic nitrogens is 4. The quantitative estimate of drug-likeness (QED) is 0.794. The number of carbonyl (C=O) groups excluding carboxylic acids is 1. The van der Waals surface area contributed by atoms with Gasteiger partial charge in [0, 0.05) is 51.1 Å². The van der Waals surface area contributed by atoms with Gasteiger partial charge in [0.1, 0.15) is 5.82 Å². The molecule has 9 nitrogen and oxygen atoms in total. The molecule has 158 valence electrons. The largest absolute Gasteiger partial charge is 0.391 e. The molecule has 0 spiro atoms. The Morgan fingerprint density at radius 3 is 2.86 bits per heavy atom. The summed E-state index contributed by atoms with van der Waals surface area (Å²) in [4.78, 5) is 17.5. The minimum atomic E-state index is -0.555. The van der Waals surface area contributed by atoms with Crippen LogP contribution in [0.25, 0.3) is 0 Å². The summed E-state index contributed by atoms with van der Waals surface area (Å²) in [5.41, 5.74) is 2.63. The summed E-state index contributed by atoms with van der Waals surface area (Å²) < 4.78 is 9.42. The minimum absolute atomic E-state index is 0.0615. The van der Waals surface area contributed by atoms with Gasteiger partial charge in [-0.25, -0.2) is 0 Å². The van der Waals surface area contributed by atoms with Crippen LogP contribution in [-0.4, -0.2) is 80.1 Å². The molecular weight excluding hydrogens is 372 g/mol. The van der Waals surface area contributed by atoms with Crippen molar-refractivity contribution in [3.8, 4) is 0 Å². The Balaban J connectivity index is 1.63. The van der Waals surface area contributed by atoms with E-state index in [1.165, 1.54) is 0 Å². The number of fused-ring (bicyclic) bond motifs is 1. The second-order valence-corrected chi connectivity index (χ2v) is 8.16. The summed E-state index contributed by atoms with van der Waals surface area (Å²) in [7, 11) is 3.74. The Kier molecular flexibility index (Phi) is 5.46. The van der Waals surface area contributed by atoms with E-state index in [1.807, 2.05) is 19.9 Å². The summed E-state index contributed by atoms with van der Waals surface area (Å²) in [6, 6.07) is 1.67. The molecule has 4 rings (SSSR count). The molecule has 2 atom stereocenters. The number of hydrogen-bond donors (Lipinski definition) is 1. The molecule has 2 aliphatic heterocycles. The number of likely N-dealkylation sites (N-methyl/N-ethyl adjacent to an activating group) is 1. The first kappa shape index (κ1) is 20.1. The number of nitrogens with zero attached hydrogens (tertiary/aromatic N) is 6. The number of rotatable bonds is 5. The molecule has 1 N–H and O–H groups in total. The number of methoxy groups -OCH3 is 1. The van der Waals surface area contributed by atoms with Crippen molar-refractivity contribution in [3.63, 3.8) is 0 Å². The molecule has 0 aliphatic carbocycles. The van der Waals surface area contributed by atoms with Crippen LogP contribution >= 0.6 is 0 Å². The first-order valence-electron chi connectivity index (χ1n) is 10.2. The van der Waals surface area contributed by atoms with Crippen molar-refractivity contribution in [3.05, 3.63) is 34.7 Å². The fourth-order valence-electron chi connectivity index (χ4n) is 4.53. The fourth-order valence-corrected chi connectivity index (χ4v) is 4.53. The third-order valence-electron chi connectivity index (χ3n) is 6.13. The first-order valence-corrected chi connectivity index (χ1v) is 10.2. The Labute approximate surface area is 170 Å². The van der Waals surface area contributed by atoms with E-state index in [4.69, 9.17) is 4.74 Å². The molecule has 0 bridgehead atoms. The van der Waals surface area contributed by atoms with Crippen LogP contribution in [0, 0.1) is 13.8 Å². The van der Waals surface area contributed by atoms with Crippen molar-refractivity contribution in [2.45, 2.75) is 52.0 Å². The maximum atomic E-state index is 13.5. The maximum Gasteiger partial charge on any atom is 0.256 e. The van der Waals surface area contributed by atoms with Gasteiger partial charge in [0.2, 0.25) is 0 Å². The molecule has 9 heteroatoms. The van der Waals surface area contributed by atoms with Crippen LogP contribution in [0.2, 0.25) is 0 Å². The average Bonchev–Trinajstić information content (AvgIpc) is 3.35. The highest BCUT2D eigenvalue weighted by atomic mass is 16.5. The van der Waals surface area contributed by atoms with E-state index in [9.17, 15) is 9.90 Å². The van der Waals surface area contributed by atoms with Crippen molar-refractivity contribution < 1.29 is 14.6 Å². The van der Waals surface area contributed by atoms with Gasteiger partial charge < -0.3 is 23.9 Å². The second-order valence-electron chi connectivity index (χ2n) is 8.16. The molecule has 2 aliphatic rings. The van der Waals surface area contributed by atoms with Gasteiger partial charge in [-0.1, -0.05) is 0 Å². The van der Waals surface area contributed by atoms with Gasteiger partial charge in [-0.3, -0.25) is 9.69 Å². The standard InChI is InChI=1S/C20H30N6O3/c1-13-9-16(14(2)24(13)7-8-29-4)20(28)26-11-15(27)10-17(26)19-22-21-18-12-23(3)5-6-25(18)19/h9,15,17,27H,5-8,10-12H2,1-4H3/t15-,17-/m0/s1.